The number of hydrogen-bond donors (Lipinski definition) is 4. The highest BCUT2D eigenvalue weighted by molar-refractivity contribution is 5.86. The van der Waals surface area contributed by atoms with Crippen molar-refractivity contribution in [1.29, 1.82) is 0 Å². The molecule has 1 amide bonds. The van der Waals surface area contributed by atoms with Crippen LogP contribution in [0.25, 0.3) is 11.3 Å². The highest BCUT2D eigenvalue weighted by Crippen LogP contribution is 2.44. The van der Waals surface area contributed by atoms with Crippen LogP contribution in [0.15, 0.2) is 34.7 Å². The van der Waals surface area contributed by atoms with Gasteiger partial charge in [-0.25, -0.2) is 4.79 Å². The van der Waals surface area contributed by atoms with Crippen LogP contribution in [0.5, 0.6) is 11.5 Å². The van der Waals surface area contributed by atoms with E-state index in [2.05, 4.69) is 0 Å². The van der Waals surface area contributed by atoms with Crippen LogP contribution >= 0.6 is 0 Å². The van der Waals surface area contributed by atoms with Crippen molar-refractivity contribution in [3.63, 3.8) is 0 Å². The molecule has 0 fully saturated rings. The largest absolute Gasteiger partial charge is 0.502 e. The number of benzene rings is 1. The highest BCUT2D eigenvalue weighted by Gasteiger charge is 2.21. The summed E-state index contributed by atoms with van der Waals surface area (Å²) in [7, 11) is 0. The maximum atomic E-state index is 10.4. The minimum Gasteiger partial charge on any atom is -0.502 e. The summed E-state index contributed by atoms with van der Waals surface area (Å²) in [6, 6.07) is 8.53. The van der Waals surface area contributed by atoms with E-state index in [9.17, 15) is 15.0 Å². The van der Waals surface area contributed by atoms with Gasteiger partial charge in [0.15, 0.2) is 5.76 Å². The molecule has 0 aliphatic carbocycles. The summed E-state index contributed by atoms with van der Waals surface area (Å²) in [5.74, 6) is -1.54. The third-order valence-electron chi connectivity index (χ3n) is 2.12. The maximum absolute atomic E-state index is 10.4. The van der Waals surface area contributed by atoms with Crippen molar-refractivity contribution in [2.45, 2.75) is 0 Å². The molecule has 6 nitrogen and oxygen atoms in total. The van der Waals surface area contributed by atoms with Crippen molar-refractivity contribution in [3.8, 4) is 22.8 Å². The number of hydrogen-bond acceptors (Lipinski definition) is 4. The van der Waals surface area contributed by atoms with Gasteiger partial charge < -0.3 is 19.7 Å². The van der Waals surface area contributed by atoms with Gasteiger partial charge in [-0.2, -0.15) is 0 Å². The first-order valence-electron chi connectivity index (χ1n) is 4.69. The Morgan fingerprint density at radius 1 is 1.12 bits per heavy atom. The summed E-state index contributed by atoms with van der Waals surface area (Å²) in [4.78, 5) is 10.4. The summed E-state index contributed by atoms with van der Waals surface area (Å²) >= 11 is 0. The maximum Gasteiger partial charge on any atom is 0.411 e. The molecular formula is C11H9NO5. The molecule has 17 heavy (non-hydrogen) atoms. The number of rotatable bonds is 2. The normalized spacial score (nSPS) is 10.1. The van der Waals surface area contributed by atoms with Gasteiger partial charge in [-0.1, -0.05) is 30.3 Å². The zero-order valence-electron chi connectivity index (χ0n) is 8.54. The van der Waals surface area contributed by atoms with Crippen LogP contribution in [-0.2, 0) is 0 Å². The van der Waals surface area contributed by atoms with Crippen molar-refractivity contribution < 1.29 is 24.5 Å². The molecule has 88 valence electrons. The highest BCUT2D eigenvalue weighted by atomic mass is 16.4. The van der Waals surface area contributed by atoms with E-state index in [1.807, 2.05) is 5.32 Å². The average molecular weight is 235 g/mol. The third-order valence-corrected chi connectivity index (χ3v) is 2.12. The Balaban J connectivity index is 2.46. The minimum atomic E-state index is -1.39. The van der Waals surface area contributed by atoms with Gasteiger partial charge in [0.05, 0.1) is 0 Å². The molecule has 0 aliphatic rings. The van der Waals surface area contributed by atoms with E-state index >= 15 is 0 Å². The number of anilines is 1. The standard InChI is InChI=1S/C11H9NO5/c13-7-8(14)10(12-11(15)16)17-9(7)6-4-2-1-3-5-6/h1-5,12-14H,(H,15,16). The molecule has 6 heteroatoms. The number of furan rings is 1. The summed E-state index contributed by atoms with van der Waals surface area (Å²) in [6.45, 7) is 0. The molecule has 1 aromatic heterocycles. The Labute approximate surface area is 95.7 Å². The first kappa shape index (κ1) is 10.9. The smallest absolute Gasteiger partial charge is 0.411 e. The average Bonchev–Trinajstić information content (AvgIpc) is 2.58. The quantitative estimate of drug-likeness (QED) is 0.640. The van der Waals surface area contributed by atoms with Crippen LogP contribution < -0.4 is 5.32 Å². The molecule has 0 unspecified atom stereocenters. The van der Waals surface area contributed by atoms with Crippen molar-refractivity contribution in [1.82, 2.24) is 0 Å². The van der Waals surface area contributed by atoms with E-state index in [4.69, 9.17) is 9.52 Å². The molecule has 0 saturated heterocycles. The predicted octanol–water partition coefficient (Wildman–Crippen LogP) is 2.45. The lowest BCUT2D eigenvalue weighted by atomic mass is 10.1. The third kappa shape index (κ3) is 2.00. The summed E-state index contributed by atoms with van der Waals surface area (Å²) in [6.07, 6.45) is -1.39. The molecule has 0 radical (unpaired) electrons. The van der Waals surface area contributed by atoms with E-state index in [-0.39, 0.29) is 5.76 Å². The second-order valence-corrected chi connectivity index (χ2v) is 3.25. The molecule has 4 N–H and O–H groups in total. The van der Waals surface area contributed by atoms with E-state index in [1.54, 1.807) is 30.3 Å². The van der Waals surface area contributed by atoms with Crippen LogP contribution in [0.3, 0.4) is 0 Å². The molecule has 0 aliphatic heterocycles. The molecule has 0 spiro atoms. The predicted molar refractivity (Wildman–Crippen MR) is 59.1 cm³/mol. The van der Waals surface area contributed by atoms with Crippen LogP contribution in [0, 0.1) is 0 Å². The van der Waals surface area contributed by atoms with Gasteiger partial charge in [0.1, 0.15) is 0 Å². The topological polar surface area (TPSA) is 103 Å². The Bertz CT molecular complexity index is 546. The van der Waals surface area contributed by atoms with E-state index in [0.29, 0.717) is 5.56 Å². The van der Waals surface area contributed by atoms with Gasteiger partial charge in [0.2, 0.25) is 17.4 Å². The first-order valence-corrected chi connectivity index (χ1v) is 4.69. The molecule has 1 aromatic carbocycles. The lowest BCUT2D eigenvalue weighted by molar-refractivity contribution is 0.209. The van der Waals surface area contributed by atoms with Crippen molar-refractivity contribution in [2.24, 2.45) is 0 Å². The number of amides is 1. The van der Waals surface area contributed by atoms with E-state index in [0.717, 1.165) is 0 Å². The molecule has 1 heterocycles. The Kier molecular flexibility index (Phi) is 2.61. The fourth-order valence-corrected chi connectivity index (χ4v) is 1.38. The zero-order valence-corrected chi connectivity index (χ0v) is 8.54. The van der Waals surface area contributed by atoms with Gasteiger partial charge in [-0.3, -0.25) is 5.32 Å². The SMILES string of the molecule is O=C(O)Nc1oc(-c2ccccc2)c(O)c1O. The monoisotopic (exact) mass is 235 g/mol. The summed E-state index contributed by atoms with van der Waals surface area (Å²) in [5, 5.41) is 29.4. The van der Waals surface area contributed by atoms with Crippen LogP contribution in [-0.4, -0.2) is 21.4 Å². The van der Waals surface area contributed by atoms with Gasteiger partial charge in [-0.15, -0.1) is 0 Å². The van der Waals surface area contributed by atoms with Crippen LogP contribution in [0.4, 0.5) is 10.7 Å². The number of nitrogens with one attached hydrogen (secondary N) is 1. The molecule has 0 atom stereocenters. The van der Waals surface area contributed by atoms with Crippen molar-refractivity contribution >= 4 is 12.0 Å². The number of aromatic hydroxyl groups is 2. The summed E-state index contributed by atoms with van der Waals surface area (Å²) in [5.41, 5.74) is 0.527. The Morgan fingerprint density at radius 3 is 2.35 bits per heavy atom. The van der Waals surface area contributed by atoms with E-state index in [1.165, 1.54) is 0 Å². The molecule has 0 saturated carbocycles. The van der Waals surface area contributed by atoms with Gasteiger partial charge in [-0.05, 0) is 0 Å². The fourth-order valence-electron chi connectivity index (χ4n) is 1.38. The van der Waals surface area contributed by atoms with Gasteiger partial charge >= 0.3 is 6.09 Å². The second-order valence-electron chi connectivity index (χ2n) is 3.25. The van der Waals surface area contributed by atoms with Crippen molar-refractivity contribution in [3.05, 3.63) is 30.3 Å². The van der Waals surface area contributed by atoms with Gasteiger partial charge in [0, 0.05) is 5.56 Å². The fraction of sp³-hybridized carbons (Fsp3) is 0. The Morgan fingerprint density at radius 2 is 1.76 bits per heavy atom. The van der Waals surface area contributed by atoms with Gasteiger partial charge in [0.25, 0.3) is 0 Å². The Hall–Kier alpha value is -2.63. The zero-order chi connectivity index (χ0) is 12.4. The molecular weight excluding hydrogens is 226 g/mol. The first-order chi connectivity index (χ1) is 8.09. The van der Waals surface area contributed by atoms with Crippen LogP contribution in [0.1, 0.15) is 0 Å². The second kappa shape index (κ2) is 4.09. The molecule has 2 rings (SSSR count). The number of carbonyl (C=O) groups is 1. The number of carboxylic acid groups (broad SMARTS) is 1. The lowest BCUT2D eigenvalue weighted by Gasteiger charge is -1.96. The molecule has 0 bridgehead atoms. The summed E-state index contributed by atoms with van der Waals surface area (Å²) < 4.78 is 5.05. The lowest BCUT2D eigenvalue weighted by Crippen LogP contribution is -2.06. The van der Waals surface area contributed by atoms with Crippen LogP contribution in [0.2, 0.25) is 0 Å². The van der Waals surface area contributed by atoms with Crippen molar-refractivity contribution in [2.75, 3.05) is 5.32 Å². The minimum absolute atomic E-state index is 0.00634. The molecule has 2 aromatic rings. The van der Waals surface area contributed by atoms with E-state index < -0.39 is 23.5 Å².